The summed E-state index contributed by atoms with van der Waals surface area (Å²) in [4.78, 5) is 2.24. The number of unbranched alkanes of at least 4 members (excludes halogenated alkanes) is 2. The van der Waals surface area contributed by atoms with Crippen molar-refractivity contribution >= 4 is 0 Å². The highest BCUT2D eigenvalue weighted by Gasteiger charge is 1.89. The first-order valence-corrected chi connectivity index (χ1v) is 4.06. The van der Waals surface area contributed by atoms with Crippen molar-refractivity contribution in [1.29, 1.82) is 0 Å². The molecule has 0 bridgehead atoms. The summed E-state index contributed by atoms with van der Waals surface area (Å²) in [6, 6.07) is 0. The molecule has 0 aromatic rings. The number of rotatable bonds is 6. The normalized spacial score (nSPS) is 10.8. The smallest absolute Gasteiger partial charge is 0.00248 e. The van der Waals surface area contributed by atoms with Gasteiger partial charge in [0.15, 0.2) is 0 Å². The van der Waals surface area contributed by atoms with Crippen LogP contribution in [0.3, 0.4) is 0 Å². The SMILES string of the molecule is CNCCCCCN(C)C. The molecule has 0 amide bonds. The van der Waals surface area contributed by atoms with Crippen LogP contribution in [-0.4, -0.2) is 39.1 Å². The van der Waals surface area contributed by atoms with E-state index in [4.69, 9.17) is 0 Å². The highest BCUT2D eigenvalue weighted by Crippen LogP contribution is 1.94. The van der Waals surface area contributed by atoms with Gasteiger partial charge in [0.1, 0.15) is 0 Å². The van der Waals surface area contributed by atoms with E-state index < -0.39 is 0 Å². The van der Waals surface area contributed by atoms with Crippen LogP contribution < -0.4 is 5.32 Å². The second-order valence-electron chi connectivity index (χ2n) is 2.97. The quantitative estimate of drug-likeness (QED) is 0.558. The van der Waals surface area contributed by atoms with E-state index in [-0.39, 0.29) is 0 Å². The van der Waals surface area contributed by atoms with E-state index in [2.05, 4.69) is 24.3 Å². The highest BCUT2D eigenvalue weighted by atomic mass is 15.0. The van der Waals surface area contributed by atoms with Crippen LogP contribution in [-0.2, 0) is 0 Å². The lowest BCUT2D eigenvalue weighted by molar-refractivity contribution is 0.391. The molecule has 0 aliphatic carbocycles. The van der Waals surface area contributed by atoms with Crippen molar-refractivity contribution in [2.75, 3.05) is 34.2 Å². The van der Waals surface area contributed by atoms with Gasteiger partial charge in [0, 0.05) is 0 Å². The second-order valence-corrected chi connectivity index (χ2v) is 2.97. The Hall–Kier alpha value is -0.0800. The number of hydrogen-bond acceptors (Lipinski definition) is 2. The van der Waals surface area contributed by atoms with Crippen molar-refractivity contribution in [2.24, 2.45) is 0 Å². The van der Waals surface area contributed by atoms with E-state index in [1.54, 1.807) is 0 Å². The van der Waals surface area contributed by atoms with Gasteiger partial charge in [0.2, 0.25) is 0 Å². The summed E-state index contributed by atoms with van der Waals surface area (Å²) < 4.78 is 0. The van der Waals surface area contributed by atoms with Gasteiger partial charge >= 0.3 is 0 Å². The van der Waals surface area contributed by atoms with Gasteiger partial charge in [-0.05, 0) is 47.1 Å². The van der Waals surface area contributed by atoms with Crippen molar-refractivity contribution in [1.82, 2.24) is 10.2 Å². The predicted molar refractivity (Wildman–Crippen MR) is 46.3 cm³/mol. The highest BCUT2D eigenvalue weighted by molar-refractivity contribution is 4.47. The Morgan fingerprint density at radius 1 is 1.10 bits per heavy atom. The van der Waals surface area contributed by atoms with E-state index in [0.29, 0.717) is 0 Å². The average molecular weight is 144 g/mol. The predicted octanol–water partition coefficient (Wildman–Crippen LogP) is 0.938. The summed E-state index contributed by atoms with van der Waals surface area (Å²) in [5.74, 6) is 0. The third kappa shape index (κ3) is 7.92. The standard InChI is InChI=1S/C8H20N2/c1-9-7-5-4-6-8-10(2)3/h9H,4-8H2,1-3H3. The minimum atomic E-state index is 1.16. The van der Waals surface area contributed by atoms with Crippen LogP contribution in [0.15, 0.2) is 0 Å². The van der Waals surface area contributed by atoms with Gasteiger partial charge in [-0.1, -0.05) is 6.42 Å². The molecule has 0 fully saturated rings. The summed E-state index contributed by atoms with van der Waals surface area (Å²) in [6.07, 6.45) is 3.98. The first-order valence-electron chi connectivity index (χ1n) is 4.06. The minimum absolute atomic E-state index is 1.16. The molecule has 0 aliphatic heterocycles. The Labute approximate surface area is 64.6 Å². The molecule has 2 nitrogen and oxygen atoms in total. The molecular weight excluding hydrogens is 124 g/mol. The zero-order chi connectivity index (χ0) is 7.82. The Morgan fingerprint density at radius 2 is 1.80 bits per heavy atom. The van der Waals surface area contributed by atoms with Gasteiger partial charge in [-0.3, -0.25) is 0 Å². The molecule has 0 aromatic carbocycles. The Bertz CT molecular complexity index is 62.3. The molecule has 0 aliphatic rings. The lowest BCUT2D eigenvalue weighted by atomic mass is 10.2. The van der Waals surface area contributed by atoms with Gasteiger partial charge in [-0.25, -0.2) is 0 Å². The van der Waals surface area contributed by atoms with Crippen LogP contribution in [0.4, 0.5) is 0 Å². The summed E-state index contributed by atoms with van der Waals surface area (Å²) in [6.45, 7) is 2.39. The van der Waals surface area contributed by atoms with Gasteiger partial charge < -0.3 is 10.2 Å². The van der Waals surface area contributed by atoms with Crippen LogP contribution in [0, 0.1) is 0 Å². The van der Waals surface area contributed by atoms with Crippen molar-refractivity contribution in [3.63, 3.8) is 0 Å². The molecular formula is C8H20N2. The van der Waals surface area contributed by atoms with E-state index in [9.17, 15) is 0 Å². The minimum Gasteiger partial charge on any atom is -0.320 e. The van der Waals surface area contributed by atoms with Crippen LogP contribution in [0.1, 0.15) is 19.3 Å². The first-order chi connectivity index (χ1) is 4.77. The van der Waals surface area contributed by atoms with Crippen molar-refractivity contribution in [3.05, 3.63) is 0 Å². The van der Waals surface area contributed by atoms with Crippen LogP contribution in [0.5, 0.6) is 0 Å². The second kappa shape index (κ2) is 7.03. The fourth-order valence-electron chi connectivity index (χ4n) is 0.907. The fraction of sp³-hybridized carbons (Fsp3) is 1.00. The molecule has 0 rings (SSSR count). The Kier molecular flexibility index (Phi) is 6.98. The summed E-state index contributed by atoms with van der Waals surface area (Å²) in [5.41, 5.74) is 0. The number of hydrogen-bond donors (Lipinski definition) is 1. The number of nitrogens with zero attached hydrogens (tertiary/aromatic N) is 1. The van der Waals surface area contributed by atoms with E-state index in [1.807, 2.05) is 7.05 Å². The molecule has 0 saturated heterocycles. The maximum absolute atomic E-state index is 3.14. The first kappa shape index (κ1) is 9.92. The Balaban J connectivity index is 2.77. The average Bonchev–Trinajstić information content (AvgIpc) is 1.87. The lowest BCUT2D eigenvalue weighted by Gasteiger charge is -2.07. The molecule has 1 N–H and O–H groups in total. The summed E-state index contributed by atoms with van der Waals surface area (Å²) in [5, 5.41) is 3.14. The third-order valence-electron chi connectivity index (χ3n) is 1.53. The van der Waals surface area contributed by atoms with Crippen molar-refractivity contribution in [2.45, 2.75) is 19.3 Å². The number of nitrogens with one attached hydrogen (secondary N) is 1. The van der Waals surface area contributed by atoms with Crippen LogP contribution in [0.25, 0.3) is 0 Å². The lowest BCUT2D eigenvalue weighted by Crippen LogP contribution is -2.13. The fourth-order valence-corrected chi connectivity index (χ4v) is 0.907. The maximum Gasteiger partial charge on any atom is -0.00248 e. The molecule has 0 aromatic heterocycles. The van der Waals surface area contributed by atoms with Gasteiger partial charge in [0.25, 0.3) is 0 Å². The van der Waals surface area contributed by atoms with Gasteiger partial charge in [-0.2, -0.15) is 0 Å². The third-order valence-corrected chi connectivity index (χ3v) is 1.53. The van der Waals surface area contributed by atoms with Crippen LogP contribution in [0.2, 0.25) is 0 Å². The zero-order valence-corrected chi connectivity index (χ0v) is 7.48. The molecule has 0 spiro atoms. The molecule has 0 saturated carbocycles. The Morgan fingerprint density at radius 3 is 2.30 bits per heavy atom. The van der Waals surface area contributed by atoms with Crippen molar-refractivity contribution in [3.8, 4) is 0 Å². The van der Waals surface area contributed by atoms with Gasteiger partial charge in [-0.15, -0.1) is 0 Å². The maximum atomic E-state index is 3.14. The molecule has 0 radical (unpaired) electrons. The van der Waals surface area contributed by atoms with E-state index >= 15 is 0 Å². The largest absolute Gasteiger partial charge is 0.320 e. The van der Waals surface area contributed by atoms with Gasteiger partial charge in [0.05, 0.1) is 0 Å². The molecule has 0 unspecified atom stereocenters. The molecule has 0 atom stereocenters. The van der Waals surface area contributed by atoms with E-state index in [0.717, 1.165) is 6.54 Å². The van der Waals surface area contributed by atoms with E-state index in [1.165, 1.54) is 25.8 Å². The monoisotopic (exact) mass is 144 g/mol. The molecule has 10 heavy (non-hydrogen) atoms. The topological polar surface area (TPSA) is 15.3 Å². The molecule has 0 heterocycles. The van der Waals surface area contributed by atoms with Crippen molar-refractivity contribution < 1.29 is 0 Å². The van der Waals surface area contributed by atoms with Crippen LogP contribution >= 0.6 is 0 Å². The summed E-state index contributed by atoms with van der Waals surface area (Å²) in [7, 11) is 6.25. The zero-order valence-electron chi connectivity index (χ0n) is 7.48. The summed E-state index contributed by atoms with van der Waals surface area (Å²) >= 11 is 0. The molecule has 2 heteroatoms. The molecule has 62 valence electrons.